The Morgan fingerprint density at radius 1 is 1.28 bits per heavy atom. The molecule has 1 aromatic rings. The molecule has 96 valence electrons. The molecule has 1 saturated carbocycles. The minimum atomic E-state index is 0.314. The second-order valence-electron chi connectivity index (χ2n) is 4.87. The summed E-state index contributed by atoms with van der Waals surface area (Å²) in [4.78, 5) is 6.53. The minimum absolute atomic E-state index is 0.314. The van der Waals surface area contributed by atoms with E-state index >= 15 is 0 Å². The van der Waals surface area contributed by atoms with Gasteiger partial charge in [0.25, 0.3) is 0 Å². The summed E-state index contributed by atoms with van der Waals surface area (Å²) < 4.78 is 0. The Labute approximate surface area is 113 Å². The van der Waals surface area contributed by atoms with Crippen molar-refractivity contribution in [3.05, 3.63) is 22.8 Å². The molecule has 0 aliphatic heterocycles. The normalized spacial score (nSPS) is 16.9. The van der Waals surface area contributed by atoms with E-state index in [0.717, 1.165) is 5.82 Å². The van der Waals surface area contributed by atoms with Gasteiger partial charge in [-0.15, -0.1) is 0 Å². The van der Waals surface area contributed by atoms with E-state index in [4.69, 9.17) is 16.9 Å². The van der Waals surface area contributed by atoms with Crippen molar-refractivity contribution in [3.8, 4) is 6.07 Å². The first kappa shape index (κ1) is 13.2. The highest BCUT2D eigenvalue weighted by Crippen LogP contribution is 2.25. The van der Waals surface area contributed by atoms with E-state index in [1.807, 2.05) is 12.1 Å². The van der Waals surface area contributed by atoms with Gasteiger partial charge in [0.05, 0.1) is 5.02 Å². The van der Waals surface area contributed by atoms with Gasteiger partial charge < -0.3 is 4.90 Å². The molecule has 3 nitrogen and oxygen atoms in total. The first-order valence-electron chi connectivity index (χ1n) is 6.52. The van der Waals surface area contributed by atoms with Crippen molar-refractivity contribution in [2.75, 3.05) is 11.9 Å². The van der Waals surface area contributed by atoms with Crippen molar-refractivity contribution < 1.29 is 0 Å². The molecule has 0 unspecified atom stereocenters. The third kappa shape index (κ3) is 2.94. The monoisotopic (exact) mass is 263 g/mol. The number of pyridine rings is 1. The lowest BCUT2D eigenvalue weighted by Crippen LogP contribution is -2.31. The largest absolute Gasteiger partial charge is 0.357 e. The Balaban J connectivity index is 2.17. The molecule has 1 aliphatic rings. The smallest absolute Gasteiger partial charge is 0.161 e. The lowest BCUT2D eigenvalue weighted by molar-refractivity contribution is 0.549. The van der Waals surface area contributed by atoms with Gasteiger partial charge in [-0.2, -0.15) is 5.26 Å². The predicted octanol–water partition coefficient (Wildman–Crippen LogP) is 3.77. The van der Waals surface area contributed by atoms with Crippen molar-refractivity contribution in [3.63, 3.8) is 0 Å². The average Bonchev–Trinajstić information content (AvgIpc) is 2.67. The van der Waals surface area contributed by atoms with Crippen molar-refractivity contribution in [1.82, 2.24) is 4.98 Å². The molecule has 0 aromatic carbocycles. The van der Waals surface area contributed by atoms with Crippen LogP contribution < -0.4 is 4.90 Å². The van der Waals surface area contributed by atoms with Gasteiger partial charge >= 0.3 is 0 Å². The molecule has 1 fully saturated rings. The zero-order chi connectivity index (χ0) is 13.0. The van der Waals surface area contributed by atoms with Crippen molar-refractivity contribution in [2.45, 2.75) is 44.6 Å². The summed E-state index contributed by atoms with van der Waals surface area (Å²) in [5.41, 5.74) is 0.314. The van der Waals surface area contributed by atoms with E-state index in [9.17, 15) is 0 Å². The Morgan fingerprint density at radius 3 is 2.56 bits per heavy atom. The first-order chi connectivity index (χ1) is 8.72. The van der Waals surface area contributed by atoms with E-state index in [1.165, 1.54) is 38.5 Å². The number of rotatable bonds is 2. The van der Waals surface area contributed by atoms with Crippen molar-refractivity contribution in [2.24, 2.45) is 0 Å². The molecular formula is C14H18ClN3. The topological polar surface area (TPSA) is 39.9 Å². The van der Waals surface area contributed by atoms with Gasteiger partial charge in [-0.25, -0.2) is 4.98 Å². The molecule has 0 bridgehead atoms. The SMILES string of the molecule is CN(c1ccc(Cl)c(C#N)n1)C1CCCCCC1. The molecule has 0 atom stereocenters. The molecule has 18 heavy (non-hydrogen) atoms. The Morgan fingerprint density at radius 2 is 1.94 bits per heavy atom. The van der Waals surface area contributed by atoms with Crippen LogP contribution in [0.25, 0.3) is 0 Å². The van der Waals surface area contributed by atoms with Crippen LogP contribution in [0.5, 0.6) is 0 Å². The van der Waals surface area contributed by atoms with E-state index in [-0.39, 0.29) is 0 Å². The fraction of sp³-hybridized carbons (Fsp3) is 0.571. The second-order valence-corrected chi connectivity index (χ2v) is 5.28. The zero-order valence-corrected chi connectivity index (χ0v) is 11.5. The van der Waals surface area contributed by atoms with Crippen LogP contribution >= 0.6 is 11.6 Å². The van der Waals surface area contributed by atoms with E-state index in [0.29, 0.717) is 16.8 Å². The third-order valence-electron chi connectivity index (χ3n) is 3.67. The Bertz CT molecular complexity index is 445. The second kappa shape index (κ2) is 6.06. The lowest BCUT2D eigenvalue weighted by Gasteiger charge is -2.28. The standard InChI is InChI=1S/C14H18ClN3/c1-18(11-6-4-2-3-5-7-11)14-9-8-12(15)13(10-16)17-14/h8-9,11H,2-7H2,1H3. The van der Waals surface area contributed by atoms with Crippen molar-refractivity contribution >= 4 is 17.4 Å². The highest BCUT2D eigenvalue weighted by Gasteiger charge is 2.18. The maximum Gasteiger partial charge on any atom is 0.161 e. The number of nitriles is 1. The van der Waals surface area contributed by atoms with Gasteiger partial charge in [0.2, 0.25) is 0 Å². The van der Waals surface area contributed by atoms with Crippen LogP contribution in [0.1, 0.15) is 44.2 Å². The molecular weight excluding hydrogens is 246 g/mol. The molecule has 2 rings (SSSR count). The summed E-state index contributed by atoms with van der Waals surface area (Å²) in [5, 5.41) is 9.39. The van der Waals surface area contributed by atoms with Gasteiger partial charge in [-0.1, -0.05) is 37.3 Å². The zero-order valence-electron chi connectivity index (χ0n) is 10.7. The molecule has 0 N–H and O–H groups in total. The summed E-state index contributed by atoms with van der Waals surface area (Å²) in [7, 11) is 2.06. The van der Waals surface area contributed by atoms with Crippen LogP contribution in [0, 0.1) is 11.3 Å². The molecule has 1 heterocycles. The van der Waals surface area contributed by atoms with E-state index in [2.05, 4.69) is 16.9 Å². The van der Waals surface area contributed by atoms with E-state index in [1.54, 1.807) is 6.07 Å². The van der Waals surface area contributed by atoms with Gasteiger partial charge in [-0.3, -0.25) is 0 Å². The fourth-order valence-electron chi connectivity index (χ4n) is 2.54. The van der Waals surface area contributed by atoms with Crippen LogP contribution in [-0.4, -0.2) is 18.1 Å². The molecule has 0 radical (unpaired) electrons. The summed E-state index contributed by atoms with van der Waals surface area (Å²) in [6, 6.07) is 6.23. The first-order valence-corrected chi connectivity index (χ1v) is 6.89. The van der Waals surface area contributed by atoms with Crippen LogP contribution in [0.3, 0.4) is 0 Å². The fourth-order valence-corrected chi connectivity index (χ4v) is 2.69. The minimum Gasteiger partial charge on any atom is -0.357 e. The number of hydrogen-bond acceptors (Lipinski definition) is 3. The Kier molecular flexibility index (Phi) is 4.43. The molecule has 1 aromatic heterocycles. The predicted molar refractivity (Wildman–Crippen MR) is 73.9 cm³/mol. The van der Waals surface area contributed by atoms with Crippen LogP contribution in [0.4, 0.5) is 5.82 Å². The lowest BCUT2D eigenvalue weighted by atomic mass is 10.1. The Hall–Kier alpha value is -1.27. The highest BCUT2D eigenvalue weighted by atomic mass is 35.5. The van der Waals surface area contributed by atoms with Crippen LogP contribution in [-0.2, 0) is 0 Å². The molecule has 1 aliphatic carbocycles. The average molecular weight is 264 g/mol. The molecule has 0 saturated heterocycles. The quantitative estimate of drug-likeness (QED) is 0.763. The summed E-state index contributed by atoms with van der Waals surface area (Å²) in [5.74, 6) is 0.850. The molecule has 0 amide bonds. The van der Waals surface area contributed by atoms with Gasteiger partial charge in [0, 0.05) is 13.1 Å². The maximum absolute atomic E-state index is 8.96. The number of aromatic nitrogens is 1. The summed E-state index contributed by atoms with van der Waals surface area (Å²) >= 11 is 5.91. The molecule has 4 heteroatoms. The number of halogens is 1. The third-order valence-corrected chi connectivity index (χ3v) is 3.98. The van der Waals surface area contributed by atoms with Gasteiger partial charge in [0.15, 0.2) is 5.69 Å². The maximum atomic E-state index is 8.96. The highest BCUT2D eigenvalue weighted by molar-refractivity contribution is 6.31. The van der Waals surface area contributed by atoms with Crippen LogP contribution in [0.2, 0.25) is 5.02 Å². The number of hydrogen-bond donors (Lipinski definition) is 0. The number of anilines is 1. The summed E-state index contributed by atoms with van der Waals surface area (Å²) in [6.45, 7) is 0. The van der Waals surface area contributed by atoms with E-state index < -0.39 is 0 Å². The van der Waals surface area contributed by atoms with Crippen LogP contribution in [0.15, 0.2) is 12.1 Å². The van der Waals surface area contributed by atoms with Crippen molar-refractivity contribution in [1.29, 1.82) is 5.26 Å². The van der Waals surface area contributed by atoms with Gasteiger partial charge in [-0.05, 0) is 25.0 Å². The summed E-state index contributed by atoms with van der Waals surface area (Å²) in [6.07, 6.45) is 7.66. The number of nitrogens with zero attached hydrogens (tertiary/aromatic N) is 3. The van der Waals surface area contributed by atoms with Gasteiger partial charge in [0.1, 0.15) is 11.9 Å². The molecule has 0 spiro atoms.